The van der Waals surface area contributed by atoms with E-state index in [1.54, 1.807) is 0 Å². The van der Waals surface area contributed by atoms with E-state index < -0.39 is 0 Å². The Balaban J connectivity index is 1.52. The van der Waals surface area contributed by atoms with Gasteiger partial charge in [0.25, 0.3) is 0 Å². The van der Waals surface area contributed by atoms with Crippen LogP contribution in [0.15, 0.2) is 158 Å². The van der Waals surface area contributed by atoms with Gasteiger partial charge in [-0.25, -0.2) is 20.0 Å². The summed E-state index contributed by atoms with van der Waals surface area (Å²) in [6.07, 6.45) is 20.1. The smallest absolute Gasteiger partial charge is 0.0738 e. The van der Waals surface area contributed by atoms with Crippen molar-refractivity contribution in [2.24, 2.45) is 20.0 Å². The van der Waals surface area contributed by atoms with Gasteiger partial charge in [-0.3, -0.25) is 0 Å². The third kappa shape index (κ3) is 3.83. The fourth-order valence-corrected chi connectivity index (χ4v) is 4.86. The Morgan fingerprint density at radius 1 is 0.486 bits per heavy atom. The first kappa shape index (κ1) is 21.1. The molecule has 0 unspecified atom stereocenters. The number of nitrogens with two attached hydrogens (primary N) is 1. The lowest BCUT2D eigenvalue weighted by Gasteiger charge is -2.12. The van der Waals surface area contributed by atoms with Gasteiger partial charge in [-0.1, -0.05) is 48.5 Å². The second-order valence-corrected chi connectivity index (χ2v) is 9.01. The number of allylic oxidation sites excluding steroid dienone is 12. The highest BCUT2D eigenvalue weighted by atomic mass is 14.9. The molecule has 0 atom stereocenters. The highest BCUT2D eigenvalue weighted by molar-refractivity contribution is 6.36. The SMILES string of the molecule is Nc1ccccc1C1=C2C=CC(=N2)C(c2ccccc2)=C2C=CC(=N2)C=C2C=CC(=N2)C=C2C=CC1=N2. The molecule has 5 nitrogen and oxygen atoms in total. The van der Waals surface area contributed by atoms with Crippen molar-refractivity contribution in [3.8, 4) is 0 Å². The highest BCUT2D eigenvalue weighted by Crippen LogP contribution is 2.35. The monoisotopic (exact) mass is 475 g/mol. The first-order valence-electron chi connectivity index (χ1n) is 12.1. The van der Waals surface area contributed by atoms with Gasteiger partial charge >= 0.3 is 0 Å². The lowest BCUT2D eigenvalue weighted by atomic mass is 9.97. The molecular weight excluding hydrogens is 454 g/mol. The van der Waals surface area contributed by atoms with Crippen LogP contribution < -0.4 is 5.73 Å². The number of anilines is 1. The molecule has 0 aliphatic carbocycles. The predicted molar refractivity (Wildman–Crippen MR) is 154 cm³/mol. The summed E-state index contributed by atoms with van der Waals surface area (Å²) in [5, 5.41) is 0. The van der Waals surface area contributed by atoms with Gasteiger partial charge in [-0.2, -0.15) is 0 Å². The Labute approximate surface area is 214 Å². The molecule has 0 radical (unpaired) electrons. The second kappa shape index (κ2) is 8.50. The molecule has 0 spiro atoms. The number of fused-ring (bicyclic) bond motifs is 4. The Morgan fingerprint density at radius 2 is 1.11 bits per heavy atom. The van der Waals surface area contributed by atoms with Crippen molar-refractivity contribution >= 4 is 39.7 Å². The molecule has 8 bridgehead atoms. The first-order valence-corrected chi connectivity index (χ1v) is 12.1. The average molecular weight is 476 g/mol. The second-order valence-electron chi connectivity index (χ2n) is 9.01. The minimum Gasteiger partial charge on any atom is -0.398 e. The minimum atomic E-state index is 0.678. The third-order valence-corrected chi connectivity index (χ3v) is 6.55. The number of rotatable bonds is 2. The molecule has 174 valence electrons. The van der Waals surface area contributed by atoms with Gasteiger partial charge in [0.2, 0.25) is 0 Å². The summed E-state index contributed by atoms with van der Waals surface area (Å²) in [6.45, 7) is 0. The van der Waals surface area contributed by atoms with Gasteiger partial charge in [-0.05, 0) is 72.4 Å². The van der Waals surface area contributed by atoms with Crippen molar-refractivity contribution in [1.82, 2.24) is 0 Å². The van der Waals surface area contributed by atoms with Crippen LogP contribution >= 0.6 is 0 Å². The van der Waals surface area contributed by atoms with Crippen molar-refractivity contribution in [2.45, 2.75) is 0 Å². The molecule has 7 rings (SSSR count). The molecule has 0 aromatic heterocycles. The van der Waals surface area contributed by atoms with E-state index in [0.717, 1.165) is 67.9 Å². The summed E-state index contributed by atoms with van der Waals surface area (Å²) in [6, 6.07) is 18.1. The third-order valence-electron chi connectivity index (χ3n) is 6.55. The fraction of sp³-hybridized carbons (Fsp3) is 0. The summed E-state index contributed by atoms with van der Waals surface area (Å²) in [5.41, 5.74) is 17.7. The molecule has 5 heterocycles. The van der Waals surface area contributed by atoms with E-state index in [-0.39, 0.29) is 0 Å². The summed E-state index contributed by atoms with van der Waals surface area (Å²) in [4.78, 5) is 19.8. The number of aliphatic imine (C=N–C) groups is 4. The van der Waals surface area contributed by atoms with E-state index in [2.05, 4.69) is 12.1 Å². The Kier molecular flexibility index (Phi) is 4.86. The maximum atomic E-state index is 6.46. The van der Waals surface area contributed by atoms with E-state index in [9.17, 15) is 0 Å². The van der Waals surface area contributed by atoms with Crippen molar-refractivity contribution in [3.63, 3.8) is 0 Å². The van der Waals surface area contributed by atoms with Gasteiger partial charge in [-0.15, -0.1) is 0 Å². The van der Waals surface area contributed by atoms with Crippen molar-refractivity contribution in [2.75, 3.05) is 5.73 Å². The van der Waals surface area contributed by atoms with Crippen LogP contribution in [0, 0.1) is 0 Å². The molecule has 5 heteroatoms. The average Bonchev–Trinajstić information content (AvgIpc) is 3.72. The van der Waals surface area contributed by atoms with Gasteiger partial charge in [0, 0.05) is 22.4 Å². The van der Waals surface area contributed by atoms with E-state index in [4.69, 9.17) is 25.7 Å². The number of nitrogen functional groups attached to an aromatic ring is 1. The van der Waals surface area contributed by atoms with E-state index in [0.29, 0.717) is 5.69 Å². The molecule has 37 heavy (non-hydrogen) atoms. The molecule has 0 saturated heterocycles. The van der Waals surface area contributed by atoms with Gasteiger partial charge in [0.15, 0.2) is 0 Å². The standard InChI is InChI=1S/C32H21N5/c33-26-9-5-4-8-25(26)32-29-15-13-24(36-29)19-22-11-10-21(34-22)18-23-12-14-27(35-23)31(20-6-2-1-3-7-20)28-16-17-30(32)37-28/h1-19H,33H2. The number of nitrogens with zero attached hydrogens (tertiary/aromatic N) is 4. The Morgan fingerprint density at radius 3 is 1.97 bits per heavy atom. The zero-order chi connectivity index (χ0) is 24.8. The molecule has 2 aromatic rings. The zero-order valence-electron chi connectivity index (χ0n) is 19.8. The summed E-state index contributed by atoms with van der Waals surface area (Å²) < 4.78 is 0. The summed E-state index contributed by atoms with van der Waals surface area (Å²) in [7, 11) is 0. The van der Waals surface area contributed by atoms with E-state index in [1.807, 2.05) is 103 Å². The van der Waals surface area contributed by atoms with Crippen LogP contribution in [0.4, 0.5) is 5.69 Å². The van der Waals surface area contributed by atoms with Gasteiger partial charge < -0.3 is 5.73 Å². The Hall–Kier alpha value is -5.16. The highest BCUT2D eigenvalue weighted by Gasteiger charge is 2.24. The molecule has 5 aliphatic rings. The molecule has 5 aliphatic heterocycles. The number of hydrogen-bond acceptors (Lipinski definition) is 5. The van der Waals surface area contributed by atoms with E-state index >= 15 is 0 Å². The van der Waals surface area contributed by atoms with Crippen molar-refractivity contribution in [3.05, 3.63) is 149 Å². The molecule has 2 aromatic carbocycles. The normalized spacial score (nSPS) is 19.2. The fourth-order valence-electron chi connectivity index (χ4n) is 4.86. The van der Waals surface area contributed by atoms with Crippen LogP contribution in [0.2, 0.25) is 0 Å². The molecular formula is C32H21N5. The van der Waals surface area contributed by atoms with E-state index in [1.165, 1.54) is 0 Å². The van der Waals surface area contributed by atoms with Crippen molar-refractivity contribution in [1.29, 1.82) is 0 Å². The van der Waals surface area contributed by atoms with Gasteiger partial charge in [0.1, 0.15) is 0 Å². The molecule has 0 fully saturated rings. The van der Waals surface area contributed by atoms with Crippen LogP contribution in [0.3, 0.4) is 0 Å². The number of para-hydroxylation sites is 1. The molecule has 2 N–H and O–H groups in total. The van der Waals surface area contributed by atoms with Gasteiger partial charge in [0.05, 0.1) is 45.6 Å². The van der Waals surface area contributed by atoms with Crippen LogP contribution in [-0.4, -0.2) is 22.8 Å². The van der Waals surface area contributed by atoms with Crippen LogP contribution in [0.5, 0.6) is 0 Å². The summed E-state index contributed by atoms with van der Waals surface area (Å²) >= 11 is 0. The number of benzene rings is 2. The summed E-state index contributed by atoms with van der Waals surface area (Å²) in [5.74, 6) is 0. The molecule has 0 saturated carbocycles. The minimum absolute atomic E-state index is 0.678. The first-order chi connectivity index (χ1) is 18.2. The van der Waals surface area contributed by atoms with Crippen LogP contribution in [0.25, 0.3) is 11.1 Å². The lowest BCUT2D eigenvalue weighted by molar-refractivity contribution is 1.41. The maximum absolute atomic E-state index is 6.46. The molecule has 0 amide bonds. The van der Waals surface area contributed by atoms with Crippen molar-refractivity contribution < 1.29 is 0 Å². The quantitative estimate of drug-likeness (QED) is 0.515. The zero-order valence-corrected chi connectivity index (χ0v) is 19.8. The lowest BCUT2D eigenvalue weighted by Crippen LogP contribution is -2.04. The van der Waals surface area contributed by atoms with Crippen LogP contribution in [0.1, 0.15) is 11.1 Å². The maximum Gasteiger partial charge on any atom is 0.0738 e. The Bertz CT molecular complexity index is 1740. The number of hydrogen-bond donors (Lipinski definition) is 1. The largest absolute Gasteiger partial charge is 0.398 e. The van der Waals surface area contributed by atoms with Crippen LogP contribution in [-0.2, 0) is 0 Å². The topological polar surface area (TPSA) is 75.5 Å². The predicted octanol–water partition coefficient (Wildman–Crippen LogP) is 6.22.